The lowest BCUT2D eigenvalue weighted by atomic mass is 10.4. The third-order valence-electron chi connectivity index (χ3n) is 4.20. The molecule has 4 aliphatic rings. The van der Waals surface area contributed by atoms with Gasteiger partial charge in [-0.2, -0.15) is 0 Å². The van der Waals surface area contributed by atoms with Gasteiger partial charge >= 0.3 is 6.03 Å². The Kier molecular flexibility index (Phi) is 1.83. The predicted molar refractivity (Wildman–Crippen MR) is 61.2 cm³/mol. The van der Waals surface area contributed by atoms with Gasteiger partial charge in [-0.25, -0.2) is 4.79 Å². The van der Waals surface area contributed by atoms with E-state index in [4.69, 9.17) is 0 Å². The normalized spacial score (nSPS) is 29.0. The summed E-state index contributed by atoms with van der Waals surface area (Å²) in [5.74, 6) is 0. The summed E-state index contributed by atoms with van der Waals surface area (Å²) in [6, 6.07) is 2.84. The Balaban J connectivity index is 1.52. The summed E-state index contributed by atoms with van der Waals surface area (Å²) in [6.07, 6.45) is 10.0. The molecular weight excluding hydrogens is 200 g/mol. The first-order chi connectivity index (χ1) is 7.84. The molecular formula is C13H20N2O. The van der Waals surface area contributed by atoms with Gasteiger partial charge in [-0.3, -0.25) is 0 Å². The molecule has 0 radical (unpaired) electrons. The molecule has 0 unspecified atom stereocenters. The molecule has 0 spiro atoms. The highest BCUT2D eigenvalue weighted by molar-refractivity contribution is 5.77. The lowest BCUT2D eigenvalue weighted by molar-refractivity contribution is 0.141. The van der Waals surface area contributed by atoms with Crippen LogP contribution in [0.5, 0.6) is 0 Å². The van der Waals surface area contributed by atoms with Gasteiger partial charge in [0.1, 0.15) is 0 Å². The molecule has 0 aromatic heterocycles. The van der Waals surface area contributed by atoms with Crippen LogP contribution in [0, 0.1) is 0 Å². The smallest absolute Gasteiger partial charge is 0.319 e. The number of hydrogen-bond acceptors (Lipinski definition) is 1. The van der Waals surface area contributed by atoms with Gasteiger partial charge in [0.2, 0.25) is 0 Å². The molecule has 2 amide bonds. The van der Waals surface area contributed by atoms with Crippen LogP contribution in [-0.2, 0) is 0 Å². The topological polar surface area (TPSA) is 23.6 Å². The third-order valence-corrected chi connectivity index (χ3v) is 4.20. The Hall–Kier alpha value is -0.730. The van der Waals surface area contributed by atoms with Crippen LogP contribution in [0.15, 0.2) is 0 Å². The van der Waals surface area contributed by atoms with Gasteiger partial charge in [0.15, 0.2) is 0 Å². The van der Waals surface area contributed by atoms with Gasteiger partial charge < -0.3 is 9.80 Å². The Morgan fingerprint density at radius 2 is 0.875 bits per heavy atom. The average molecular weight is 220 g/mol. The van der Waals surface area contributed by atoms with Crippen molar-refractivity contribution in [3.8, 4) is 0 Å². The highest BCUT2D eigenvalue weighted by Crippen LogP contribution is 2.43. The van der Waals surface area contributed by atoms with E-state index in [-0.39, 0.29) is 0 Å². The third kappa shape index (κ3) is 1.61. The summed E-state index contributed by atoms with van der Waals surface area (Å²) in [7, 11) is 0. The number of amides is 2. The summed E-state index contributed by atoms with van der Waals surface area (Å²) in [6.45, 7) is 0. The minimum Gasteiger partial charge on any atom is -0.319 e. The number of hydrogen-bond donors (Lipinski definition) is 0. The largest absolute Gasteiger partial charge is 0.321 e. The molecule has 0 saturated heterocycles. The first-order valence-electron chi connectivity index (χ1n) is 6.95. The first kappa shape index (κ1) is 9.32. The number of carbonyl (C=O) groups is 1. The SMILES string of the molecule is O=C(N(C1CC1)C1CC1)N(C1CC1)C1CC1. The fraction of sp³-hybridized carbons (Fsp3) is 0.923. The molecule has 0 aromatic rings. The molecule has 0 N–H and O–H groups in total. The fourth-order valence-electron chi connectivity index (χ4n) is 2.77. The quantitative estimate of drug-likeness (QED) is 0.713. The highest BCUT2D eigenvalue weighted by atomic mass is 16.2. The van der Waals surface area contributed by atoms with Gasteiger partial charge in [-0.1, -0.05) is 0 Å². The lowest BCUT2D eigenvalue weighted by Gasteiger charge is -2.31. The van der Waals surface area contributed by atoms with E-state index < -0.39 is 0 Å². The monoisotopic (exact) mass is 220 g/mol. The average Bonchev–Trinajstić information content (AvgIpc) is 2.97. The molecule has 0 bridgehead atoms. The zero-order valence-corrected chi connectivity index (χ0v) is 9.77. The molecule has 4 aliphatic carbocycles. The molecule has 3 heteroatoms. The van der Waals surface area contributed by atoms with Crippen LogP contribution in [-0.4, -0.2) is 40.0 Å². The van der Waals surface area contributed by atoms with E-state index in [0.29, 0.717) is 30.2 Å². The Morgan fingerprint density at radius 3 is 1.06 bits per heavy atom. The number of urea groups is 1. The summed E-state index contributed by atoms with van der Waals surface area (Å²) < 4.78 is 0. The van der Waals surface area contributed by atoms with Crippen LogP contribution in [0.4, 0.5) is 4.79 Å². The molecule has 0 aliphatic heterocycles. The molecule has 0 aromatic carbocycles. The van der Waals surface area contributed by atoms with Crippen molar-refractivity contribution in [3.63, 3.8) is 0 Å². The van der Waals surface area contributed by atoms with Crippen LogP contribution in [0.25, 0.3) is 0 Å². The first-order valence-corrected chi connectivity index (χ1v) is 6.95. The predicted octanol–water partition coefficient (Wildman–Crippen LogP) is 2.36. The van der Waals surface area contributed by atoms with Crippen molar-refractivity contribution in [1.82, 2.24) is 9.80 Å². The molecule has 88 valence electrons. The van der Waals surface area contributed by atoms with Gasteiger partial charge in [0.25, 0.3) is 0 Å². The van der Waals surface area contributed by atoms with E-state index in [1.54, 1.807) is 0 Å². The summed E-state index contributed by atoms with van der Waals surface area (Å²) in [5, 5.41) is 0. The standard InChI is InChI=1S/C13H20N2O/c16-13(14(9-1-2-9)10-3-4-10)15(11-5-6-11)12-7-8-12/h9-12H,1-8H2. The van der Waals surface area contributed by atoms with Crippen molar-refractivity contribution in [1.29, 1.82) is 0 Å². The van der Waals surface area contributed by atoms with Crippen molar-refractivity contribution < 1.29 is 4.79 Å². The Morgan fingerprint density at radius 1 is 0.625 bits per heavy atom. The maximum absolute atomic E-state index is 12.6. The van der Waals surface area contributed by atoms with Crippen molar-refractivity contribution in [2.75, 3.05) is 0 Å². The Bertz CT molecular complexity index is 260. The number of rotatable bonds is 4. The van der Waals surface area contributed by atoms with E-state index in [9.17, 15) is 4.79 Å². The maximum Gasteiger partial charge on any atom is 0.321 e. The van der Waals surface area contributed by atoms with Gasteiger partial charge in [0, 0.05) is 24.2 Å². The highest BCUT2D eigenvalue weighted by Gasteiger charge is 2.49. The van der Waals surface area contributed by atoms with Crippen molar-refractivity contribution in [2.24, 2.45) is 0 Å². The van der Waals surface area contributed by atoms with E-state index in [2.05, 4.69) is 9.80 Å². The van der Waals surface area contributed by atoms with Crippen LogP contribution < -0.4 is 0 Å². The van der Waals surface area contributed by atoms with E-state index in [1.807, 2.05) is 0 Å². The van der Waals surface area contributed by atoms with Crippen molar-refractivity contribution in [2.45, 2.75) is 75.5 Å². The van der Waals surface area contributed by atoms with E-state index >= 15 is 0 Å². The maximum atomic E-state index is 12.6. The molecule has 3 nitrogen and oxygen atoms in total. The number of nitrogens with zero attached hydrogens (tertiary/aromatic N) is 2. The molecule has 0 heterocycles. The van der Waals surface area contributed by atoms with Crippen LogP contribution in [0.3, 0.4) is 0 Å². The summed E-state index contributed by atoms with van der Waals surface area (Å²) in [4.78, 5) is 17.1. The van der Waals surface area contributed by atoms with Crippen LogP contribution >= 0.6 is 0 Å². The van der Waals surface area contributed by atoms with Gasteiger partial charge in [-0.15, -0.1) is 0 Å². The molecule has 16 heavy (non-hydrogen) atoms. The van der Waals surface area contributed by atoms with Crippen LogP contribution in [0.2, 0.25) is 0 Å². The fourth-order valence-corrected chi connectivity index (χ4v) is 2.77. The second-order valence-corrected chi connectivity index (χ2v) is 6.02. The summed E-state index contributed by atoms with van der Waals surface area (Å²) >= 11 is 0. The van der Waals surface area contributed by atoms with Crippen molar-refractivity contribution in [3.05, 3.63) is 0 Å². The minimum absolute atomic E-state index is 0.398. The minimum atomic E-state index is 0.398. The van der Waals surface area contributed by atoms with Gasteiger partial charge in [0.05, 0.1) is 0 Å². The molecule has 4 fully saturated rings. The van der Waals surface area contributed by atoms with E-state index in [0.717, 1.165) is 0 Å². The van der Waals surface area contributed by atoms with Gasteiger partial charge in [-0.05, 0) is 51.4 Å². The zero-order valence-electron chi connectivity index (χ0n) is 9.77. The lowest BCUT2D eigenvalue weighted by Crippen LogP contribution is -2.47. The second kappa shape index (κ2) is 3.14. The van der Waals surface area contributed by atoms with Crippen LogP contribution in [0.1, 0.15) is 51.4 Å². The van der Waals surface area contributed by atoms with Crippen molar-refractivity contribution >= 4 is 6.03 Å². The molecule has 4 saturated carbocycles. The molecule has 0 atom stereocenters. The second-order valence-electron chi connectivity index (χ2n) is 6.02. The van der Waals surface area contributed by atoms with E-state index in [1.165, 1.54) is 51.4 Å². The summed E-state index contributed by atoms with van der Waals surface area (Å²) in [5.41, 5.74) is 0. The number of carbonyl (C=O) groups excluding carboxylic acids is 1. The Labute approximate surface area is 96.8 Å². The molecule has 4 rings (SSSR count). The zero-order chi connectivity index (χ0) is 10.7.